The number of hydrogen-bond acceptors (Lipinski definition) is 20. The molecule has 22 nitrogen and oxygen atoms in total. The minimum absolute atomic E-state index is 0.0766. The Bertz CT molecular complexity index is 1190. The molecule has 22 heteroatoms. The quantitative estimate of drug-likeness (QED) is 0.0506. The first kappa shape index (κ1) is 49.9. The lowest BCUT2D eigenvalue weighted by Gasteiger charge is -2.50. The van der Waals surface area contributed by atoms with Crippen molar-refractivity contribution < 1.29 is 59.2 Å². The molecule has 24 N–H and O–H groups in total. The monoisotopic (exact) mass is 851 g/mol. The van der Waals surface area contributed by atoms with E-state index < -0.39 is 121 Å². The van der Waals surface area contributed by atoms with Gasteiger partial charge in [-0.1, -0.05) is 32.1 Å². The number of nitrogens with one attached hydrogen (secondary N) is 2. The van der Waals surface area contributed by atoms with Crippen molar-refractivity contribution in [3.63, 3.8) is 0 Å². The lowest BCUT2D eigenvalue weighted by Crippen LogP contribution is -2.70. The first-order valence-electron chi connectivity index (χ1n) is 21.1. The van der Waals surface area contributed by atoms with Crippen LogP contribution >= 0.6 is 0 Å². The van der Waals surface area contributed by atoms with E-state index in [-0.39, 0.29) is 51.0 Å². The lowest BCUT2D eigenvalue weighted by molar-refractivity contribution is -0.217. The Morgan fingerprint density at radius 1 is 0.508 bits per heavy atom. The average Bonchev–Trinajstić information content (AvgIpc) is 3.20. The molecule has 0 aromatic heterocycles. The van der Waals surface area contributed by atoms with Crippen molar-refractivity contribution in [1.82, 2.24) is 10.6 Å². The van der Waals surface area contributed by atoms with Crippen LogP contribution in [-0.2, 0) is 28.5 Å². The predicted octanol–water partition coefficient (Wildman–Crippen LogP) is -7.66. The number of nitrogens with two attached hydrogens (primary N) is 8. The molecule has 0 radical (unpaired) electrons. The molecular weight excluding hydrogens is 776 g/mol. The van der Waals surface area contributed by atoms with Gasteiger partial charge >= 0.3 is 0 Å². The van der Waals surface area contributed by atoms with Gasteiger partial charge in [-0.05, 0) is 25.7 Å². The van der Waals surface area contributed by atoms with E-state index in [4.69, 9.17) is 64.8 Å². The number of aliphatic hydroxyl groups is 6. The van der Waals surface area contributed by atoms with Gasteiger partial charge in [-0.25, -0.2) is 0 Å². The van der Waals surface area contributed by atoms with Gasteiger partial charge in [0.1, 0.15) is 37.6 Å². The van der Waals surface area contributed by atoms with E-state index in [0.717, 1.165) is 44.9 Å². The second-order valence-electron chi connectivity index (χ2n) is 16.9. The molecule has 0 unspecified atom stereocenters. The van der Waals surface area contributed by atoms with Crippen molar-refractivity contribution >= 4 is 11.8 Å². The zero-order valence-corrected chi connectivity index (χ0v) is 33.9. The van der Waals surface area contributed by atoms with Gasteiger partial charge in [0.25, 0.3) is 0 Å². The smallest absolute Gasteiger partial charge is 0.246 e. The molecule has 2 aliphatic carbocycles. The topological polar surface area (TPSA) is 425 Å². The van der Waals surface area contributed by atoms with Crippen molar-refractivity contribution in [3.8, 4) is 0 Å². The Labute approximate surface area is 345 Å². The van der Waals surface area contributed by atoms with Crippen LogP contribution in [0.15, 0.2) is 0 Å². The molecule has 2 aliphatic heterocycles. The molecule has 2 saturated heterocycles. The number of hydrogen-bond donors (Lipinski definition) is 16. The maximum atomic E-state index is 12.7. The van der Waals surface area contributed by atoms with E-state index in [0.29, 0.717) is 13.1 Å². The van der Waals surface area contributed by atoms with Crippen LogP contribution in [0.1, 0.15) is 57.8 Å². The number of amides is 2. The van der Waals surface area contributed by atoms with E-state index in [1.165, 1.54) is 0 Å². The number of carbonyl (C=O) groups excluding carboxylic acids is 2. The van der Waals surface area contributed by atoms with E-state index in [1.54, 1.807) is 0 Å². The number of carbonyl (C=O) groups is 2. The van der Waals surface area contributed by atoms with Gasteiger partial charge in [-0.3, -0.25) is 9.59 Å². The molecule has 4 rings (SSSR count). The molecule has 4 fully saturated rings. The molecule has 4 aliphatic rings. The van der Waals surface area contributed by atoms with Crippen LogP contribution in [0.4, 0.5) is 0 Å². The highest BCUT2D eigenvalue weighted by Gasteiger charge is 2.54. The average molecular weight is 851 g/mol. The van der Waals surface area contributed by atoms with Gasteiger partial charge in [-0.2, -0.15) is 0 Å². The van der Waals surface area contributed by atoms with Gasteiger partial charge in [0.05, 0.1) is 60.9 Å². The summed E-state index contributed by atoms with van der Waals surface area (Å²) in [5, 5.41) is 69.2. The summed E-state index contributed by atoms with van der Waals surface area (Å²) in [7, 11) is 0. The Morgan fingerprint density at radius 3 is 1.19 bits per heavy atom. The van der Waals surface area contributed by atoms with Gasteiger partial charge in [0.15, 0.2) is 0 Å². The minimum Gasteiger partial charge on any atom is -0.389 e. The SMILES string of the molecule is NC[C@H]1O[C@H]([C@H]2[C@H](OCC(=O)NCCCCCCCCCNC(=O)CO[C@@H]3[C@@H](O)[C@H](N)C[C@H](N)[C@H]3[C@H]3O[C@H](CN)[C@@H](O)[C@H](O)[C@H]3N)[C@@H](O)[C@H](N)C[C@@H]2N)[C@H](N)[C@@H](O)[C@@H]1O. The third kappa shape index (κ3) is 12.7. The molecule has 0 bridgehead atoms. The first-order valence-corrected chi connectivity index (χ1v) is 21.1. The Hall–Kier alpha value is -1.78. The fraction of sp³-hybridized carbons (Fsp3) is 0.946. The summed E-state index contributed by atoms with van der Waals surface area (Å²) in [6.07, 6.45) is -6.63. The van der Waals surface area contributed by atoms with E-state index in [9.17, 15) is 40.2 Å². The second kappa shape index (κ2) is 23.6. The fourth-order valence-corrected chi connectivity index (χ4v) is 9.08. The number of unbranched alkanes of at least 4 members (excludes halogenated alkanes) is 6. The molecule has 0 aromatic rings. The van der Waals surface area contributed by atoms with Crippen LogP contribution in [0.5, 0.6) is 0 Å². The molecule has 20 atom stereocenters. The summed E-state index contributed by atoms with van der Waals surface area (Å²) >= 11 is 0. The van der Waals surface area contributed by atoms with Gasteiger partial charge in [-0.15, -0.1) is 0 Å². The highest BCUT2D eigenvalue weighted by atomic mass is 16.5. The number of ether oxygens (including phenoxy) is 4. The van der Waals surface area contributed by atoms with Gasteiger partial charge in [0.2, 0.25) is 11.8 Å². The van der Waals surface area contributed by atoms with Crippen LogP contribution in [0.2, 0.25) is 0 Å². The predicted molar refractivity (Wildman–Crippen MR) is 213 cm³/mol. The normalized spacial score (nSPS) is 42.9. The molecule has 2 heterocycles. The number of rotatable bonds is 20. The van der Waals surface area contributed by atoms with Crippen molar-refractivity contribution in [2.75, 3.05) is 39.4 Å². The number of aliphatic hydroxyl groups excluding tert-OH is 6. The third-order valence-corrected chi connectivity index (χ3v) is 12.6. The lowest BCUT2D eigenvalue weighted by atomic mass is 9.71. The highest BCUT2D eigenvalue weighted by Crippen LogP contribution is 2.37. The standard InChI is InChI=1S/C37H74N10O12/c38-12-20-30(52)32(54)26(44)34(58-20)24-16(40)10-18(42)28(50)36(24)56-14-22(48)46-8-6-4-2-1-3-5-7-9-47-23(49)15-57-37-25(17(41)11-19(43)29(37)51)35-27(45)33(55)31(53)21(13-39)59-35/h16-21,24-37,50-55H,1-15,38-45H2,(H,46,48)(H,47,49)/t16-,17-,18+,19+,20+,21+,24-,25-,26+,27+,28-,29-,30+,31+,32+,33+,34+,35+,36-,37-/m0/s1. The molecule has 59 heavy (non-hydrogen) atoms. The maximum absolute atomic E-state index is 12.7. The molecule has 2 saturated carbocycles. The van der Waals surface area contributed by atoms with Crippen LogP contribution in [0.3, 0.4) is 0 Å². The largest absolute Gasteiger partial charge is 0.389 e. The van der Waals surface area contributed by atoms with Crippen molar-refractivity contribution in [1.29, 1.82) is 0 Å². The van der Waals surface area contributed by atoms with Crippen LogP contribution in [0, 0.1) is 11.8 Å². The Kier molecular flexibility index (Phi) is 20.0. The zero-order chi connectivity index (χ0) is 43.6. The van der Waals surface area contributed by atoms with Crippen molar-refractivity contribution in [2.45, 2.75) is 167 Å². The Morgan fingerprint density at radius 2 is 0.847 bits per heavy atom. The van der Waals surface area contributed by atoms with E-state index in [2.05, 4.69) is 10.6 Å². The van der Waals surface area contributed by atoms with E-state index in [1.807, 2.05) is 0 Å². The summed E-state index contributed by atoms with van der Waals surface area (Å²) < 4.78 is 23.7. The molecule has 344 valence electrons. The molecule has 0 spiro atoms. The highest BCUT2D eigenvalue weighted by molar-refractivity contribution is 5.77. The van der Waals surface area contributed by atoms with Crippen LogP contribution < -0.4 is 56.5 Å². The molecule has 0 aromatic carbocycles. The molecule has 2 amide bonds. The maximum Gasteiger partial charge on any atom is 0.246 e. The van der Waals surface area contributed by atoms with Crippen LogP contribution in [0.25, 0.3) is 0 Å². The van der Waals surface area contributed by atoms with Crippen molar-refractivity contribution in [3.05, 3.63) is 0 Å². The summed E-state index contributed by atoms with van der Waals surface area (Å²) in [5.74, 6) is -2.23. The zero-order valence-electron chi connectivity index (χ0n) is 33.9. The van der Waals surface area contributed by atoms with Gasteiger partial charge < -0.3 is 106 Å². The second-order valence-corrected chi connectivity index (χ2v) is 16.9. The summed E-state index contributed by atoms with van der Waals surface area (Å²) in [5.41, 5.74) is 49.0. The Balaban J connectivity index is 1.08. The van der Waals surface area contributed by atoms with Crippen LogP contribution in [-0.4, -0.2) is 191 Å². The van der Waals surface area contributed by atoms with Gasteiger partial charge in [0, 0.05) is 62.2 Å². The van der Waals surface area contributed by atoms with Crippen molar-refractivity contribution in [2.24, 2.45) is 57.7 Å². The fourth-order valence-electron chi connectivity index (χ4n) is 9.08. The third-order valence-electron chi connectivity index (χ3n) is 12.6. The summed E-state index contributed by atoms with van der Waals surface area (Å²) in [6.45, 7) is -0.0205. The first-order chi connectivity index (χ1) is 28.0. The minimum atomic E-state index is -1.34. The molecular formula is C37H74N10O12. The summed E-state index contributed by atoms with van der Waals surface area (Å²) in [6, 6.07) is -4.77. The summed E-state index contributed by atoms with van der Waals surface area (Å²) in [4.78, 5) is 25.3. The van der Waals surface area contributed by atoms with E-state index >= 15 is 0 Å².